The van der Waals surface area contributed by atoms with Crippen LogP contribution in [0.4, 0.5) is 0 Å². The quantitative estimate of drug-likeness (QED) is 0.873. The van der Waals surface area contributed by atoms with Crippen molar-refractivity contribution >= 4 is 0 Å². The van der Waals surface area contributed by atoms with Crippen LogP contribution in [0.5, 0.6) is 0 Å². The number of rotatable bonds is 6. The van der Waals surface area contributed by atoms with E-state index in [0.717, 1.165) is 36.7 Å². The van der Waals surface area contributed by atoms with Gasteiger partial charge in [0.2, 0.25) is 5.89 Å². The van der Waals surface area contributed by atoms with Crippen molar-refractivity contribution in [3.05, 3.63) is 28.7 Å². The number of hydrogen-bond donors (Lipinski definition) is 1. The molecule has 0 unspecified atom stereocenters. The minimum absolute atomic E-state index is 0.0248. The molecule has 1 aliphatic heterocycles. The molecular weight excluding hydrogens is 306 g/mol. The van der Waals surface area contributed by atoms with Crippen molar-refractivity contribution < 1.29 is 9.26 Å². The van der Waals surface area contributed by atoms with Gasteiger partial charge in [0, 0.05) is 37.4 Å². The summed E-state index contributed by atoms with van der Waals surface area (Å²) in [6.07, 6.45) is 1.83. The molecule has 3 heterocycles. The molecule has 0 saturated carbocycles. The molecule has 2 atom stereocenters. The fourth-order valence-electron chi connectivity index (χ4n) is 3.31. The highest BCUT2D eigenvalue weighted by Crippen LogP contribution is 2.33. The van der Waals surface area contributed by atoms with Crippen LogP contribution in [0.15, 0.2) is 4.52 Å². The molecule has 132 valence electrons. The lowest BCUT2D eigenvalue weighted by molar-refractivity contribution is 0.0968. The van der Waals surface area contributed by atoms with Gasteiger partial charge in [0.1, 0.15) is 6.10 Å². The summed E-state index contributed by atoms with van der Waals surface area (Å²) in [7, 11) is 1.97. The van der Waals surface area contributed by atoms with Crippen LogP contribution in [0.1, 0.15) is 55.0 Å². The Morgan fingerprint density at radius 1 is 1.33 bits per heavy atom. The molecule has 1 N–H and O–H groups in total. The monoisotopic (exact) mass is 333 g/mol. The van der Waals surface area contributed by atoms with Gasteiger partial charge in [-0.2, -0.15) is 10.1 Å². The summed E-state index contributed by atoms with van der Waals surface area (Å²) in [5.41, 5.74) is 3.38. The van der Waals surface area contributed by atoms with E-state index in [1.165, 1.54) is 5.56 Å². The van der Waals surface area contributed by atoms with Crippen molar-refractivity contribution in [1.82, 2.24) is 25.2 Å². The second-order valence-electron chi connectivity index (χ2n) is 6.98. The van der Waals surface area contributed by atoms with E-state index in [1.807, 2.05) is 18.7 Å². The molecule has 1 aliphatic rings. The van der Waals surface area contributed by atoms with E-state index in [1.54, 1.807) is 0 Å². The highest BCUT2D eigenvalue weighted by atomic mass is 16.5. The summed E-state index contributed by atoms with van der Waals surface area (Å²) < 4.78 is 13.2. The summed E-state index contributed by atoms with van der Waals surface area (Å²) in [4.78, 5) is 4.45. The van der Waals surface area contributed by atoms with Crippen molar-refractivity contribution in [2.45, 2.75) is 59.2 Å². The molecule has 0 spiro atoms. The predicted octanol–water partition coefficient (Wildman–Crippen LogP) is 2.24. The Labute approximate surface area is 142 Å². The molecule has 1 saturated heterocycles. The van der Waals surface area contributed by atoms with Crippen LogP contribution in [-0.2, 0) is 24.8 Å². The first kappa shape index (κ1) is 17.1. The van der Waals surface area contributed by atoms with Gasteiger partial charge < -0.3 is 14.6 Å². The van der Waals surface area contributed by atoms with Gasteiger partial charge in [-0.25, -0.2) is 0 Å². The van der Waals surface area contributed by atoms with Gasteiger partial charge in [-0.15, -0.1) is 0 Å². The van der Waals surface area contributed by atoms with Crippen LogP contribution in [0.25, 0.3) is 0 Å². The number of aryl methyl sites for hydroxylation is 2. The van der Waals surface area contributed by atoms with E-state index in [-0.39, 0.29) is 12.1 Å². The van der Waals surface area contributed by atoms with Gasteiger partial charge in [-0.1, -0.05) is 19.0 Å². The average Bonchev–Trinajstić information content (AvgIpc) is 3.18. The second-order valence-corrected chi connectivity index (χ2v) is 6.98. The molecule has 0 aliphatic carbocycles. The molecule has 1 fully saturated rings. The Bertz CT molecular complexity index is 691. The standard InChI is InChI=1S/C17H27N5O2/c1-10(2)8-14-19-15(24-21-14)9-18-13-6-7-23-17(13)16-11(3)20-22(5)12(16)4/h10,13,17-18H,6-9H2,1-5H3/t13-,17-/m0/s1. The molecule has 3 rings (SSSR count). The molecule has 7 nitrogen and oxygen atoms in total. The topological polar surface area (TPSA) is 78.0 Å². The zero-order valence-corrected chi connectivity index (χ0v) is 15.2. The van der Waals surface area contributed by atoms with Crippen molar-refractivity contribution in [3.63, 3.8) is 0 Å². The Morgan fingerprint density at radius 3 is 2.79 bits per heavy atom. The Morgan fingerprint density at radius 2 is 2.12 bits per heavy atom. The summed E-state index contributed by atoms with van der Waals surface area (Å²) in [6.45, 7) is 9.73. The van der Waals surface area contributed by atoms with Crippen LogP contribution in [0.2, 0.25) is 0 Å². The minimum Gasteiger partial charge on any atom is -0.372 e. The van der Waals surface area contributed by atoms with Crippen LogP contribution < -0.4 is 5.32 Å². The van der Waals surface area contributed by atoms with Crippen LogP contribution in [0, 0.1) is 19.8 Å². The maximum Gasteiger partial charge on any atom is 0.240 e. The Hall–Kier alpha value is -1.73. The smallest absolute Gasteiger partial charge is 0.240 e. The highest BCUT2D eigenvalue weighted by molar-refractivity contribution is 5.29. The molecule has 7 heteroatoms. The molecule has 0 aromatic carbocycles. The van der Waals surface area contributed by atoms with Crippen molar-refractivity contribution in [2.24, 2.45) is 13.0 Å². The fourth-order valence-corrected chi connectivity index (χ4v) is 3.31. The number of nitrogens with zero attached hydrogens (tertiary/aromatic N) is 4. The summed E-state index contributed by atoms with van der Waals surface area (Å²) >= 11 is 0. The molecular formula is C17H27N5O2. The minimum atomic E-state index is 0.0248. The average molecular weight is 333 g/mol. The first-order valence-corrected chi connectivity index (χ1v) is 8.62. The largest absolute Gasteiger partial charge is 0.372 e. The Balaban J connectivity index is 1.65. The third kappa shape index (κ3) is 3.52. The predicted molar refractivity (Wildman–Crippen MR) is 89.5 cm³/mol. The summed E-state index contributed by atoms with van der Waals surface area (Å²) in [5, 5.41) is 12.1. The van der Waals surface area contributed by atoms with Gasteiger partial charge in [0.25, 0.3) is 0 Å². The van der Waals surface area contributed by atoms with Gasteiger partial charge in [0.15, 0.2) is 5.82 Å². The number of ether oxygens (including phenoxy) is 1. The molecule has 0 bridgehead atoms. The van der Waals surface area contributed by atoms with Crippen LogP contribution >= 0.6 is 0 Å². The molecule has 0 radical (unpaired) electrons. The molecule has 0 amide bonds. The van der Waals surface area contributed by atoms with E-state index in [0.29, 0.717) is 18.4 Å². The maximum atomic E-state index is 5.99. The zero-order chi connectivity index (χ0) is 17.3. The number of aromatic nitrogens is 4. The van der Waals surface area contributed by atoms with Gasteiger partial charge in [-0.3, -0.25) is 4.68 Å². The number of nitrogens with one attached hydrogen (secondary N) is 1. The first-order chi connectivity index (χ1) is 11.5. The van der Waals surface area contributed by atoms with E-state index in [9.17, 15) is 0 Å². The van der Waals surface area contributed by atoms with Crippen molar-refractivity contribution in [2.75, 3.05) is 6.61 Å². The fraction of sp³-hybridized carbons (Fsp3) is 0.706. The van der Waals surface area contributed by atoms with E-state index >= 15 is 0 Å². The molecule has 2 aromatic heterocycles. The van der Waals surface area contributed by atoms with Gasteiger partial charge in [0.05, 0.1) is 12.2 Å². The van der Waals surface area contributed by atoms with Crippen molar-refractivity contribution in [1.29, 1.82) is 0 Å². The highest BCUT2D eigenvalue weighted by Gasteiger charge is 2.33. The van der Waals surface area contributed by atoms with Gasteiger partial charge >= 0.3 is 0 Å². The van der Waals surface area contributed by atoms with E-state index in [2.05, 4.69) is 41.3 Å². The first-order valence-electron chi connectivity index (χ1n) is 8.62. The molecule has 2 aromatic rings. The molecule has 24 heavy (non-hydrogen) atoms. The lowest BCUT2D eigenvalue weighted by Crippen LogP contribution is -2.31. The normalized spacial score (nSPS) is 21.1. The van der Waals surface area contributed by atoms with Gasteiger partial charge in [-0.05, 0) is 26.2 Å². The lowest BCUT2D eigenvalue weighted by atomic mass is 10.0. The van der Waals surface area contributed by atoms with E-state index in [4.69, 9.17) is 9.26 Å². The SMILES string of the molecule is Cc1nn(C)c(C)c1[C@H]1OCC[C@@H]1NCc1nc(CC(C)C)no1. The lowest BCUT2D eigenvalue weighted by Gasteiger charge is -2.19. The third-order valence-corrected chi connectivity index (χ3v) is 4.56. The number of hydrogen-bond acceptors (Lipinski definition) is 6. The van der Waals surface area contributed by atoms with Crippen molar-refractivity contribution in [3.8, 4) is 0 Å². The summed E-state index contributed by atoms with van der Waals surface area (Å²) in [6, 6.07) is 0.229. The van der Waals surface area contributed by atoms with E-state index < -0.39 is 0 Å². The maximum absolute atomic E-state index is 5.99. The Kier molecular flexibility index (Phi) is 5.01. The zero-order valence-electron chi connectivity index (χ0n) is 15.2. The van der Waals surface area contributed by atoms with Crippen LogP contribution in [-0.4, -0.2) is 32.6 Å². The summed E-state index contributed by atoms with van der Waals surface area (Å²) in [5.74, 6) is 1.93. The van der Waals surface area contributed by atoms with Crippen LogP contribution in [0.3, 0.4) is 0 Å². The third-order valence-electron chi connectivity index (χ3n) is 4.56. The second kappa shape index (κ2) is 7.03.